The van der Waals surface area contributed by atoms with Crippen molar-refractivity contribution < 1.29 is 0 Å². The summed E-state index contributed by atoms with van der Waals surface area (Å²) in [5.74, 6) is 0. The van der Waals surface area contributed by atoms with E-state index in [-0.39, 0.29) is 0 Å². The zero-order chi connectivity index (χ0) is 15.0. The molecule has 0 aromatic heterocycles. The van der Waals surface area contributed by atoms with Crippen LogP contribution in [0, 0.1) is 0 Å². The number of hydrogen-bond acceptors (Lipinski definition) is 0. The zero-order valence-corrected chi connectivity index (χ0v) is 12.4. The summed E-state index contributed by atoms with van der Waals surface area (Å²) < 4.78 is 0. The number of hydrogen-bond donors (Lipinski definition) is 0. The predicted octanol–water partition coefficient (Wildman–Crippen LogP) is 6.19. The third kappa shape index (κ3) is 3.42. The Labute approximate surface area is 131 Å². The van der Waals surface area contributed by atoms with Crippen molar-refractivity contribution >= 4 is 10.8 Å². The molecule has 106 valence electrons. The van der Waals surface area contributed by atoms with Crippen molar-refractivity contribution in [2.45, 2.75) is 0 Å². The van der Waals surface area contributed by atoms with Crippen LogP contribution in [0.4, 0.5) is 0 Å². The maximum Gasteiger partial charge on any atom is -0.0105 e. The highest BCUT2D eigenvalue weighted by atomic mass is 14.0. The highest BCUT2D eigenvalue weighted by molar-refractivity contribution is 5.96. The molecule has 4 aromatic rings. The van der Waals surface area contributed by atoms with Crippen molar-refractivity contribution in [1.82, 2.24) is 0 Å². The minimum Gasteiger partial charge on any atom is -0.0623 e. The first-order valence-corrected chi connectivity index (χ1v) is 7.48. The molecule has 0 aliphatic carbocycles. The highest BCUT2D eigenvalue weighted by Gasteiger charge is 2.01. The van der Waals surface area contributed by atoms with Gasteiger partial charge >= 0.3 is 0 Å². The van der Waals surface area contributed by atoms with Gasteiger partial charge in [0.05, 0.1) is 0 Å². The molecule has 0 nitrogen and oxygen atoms in total. The number of rotatable bonds is 1. The van der Waals surface area contributed by atoms with Gasteiger partial charge in [-0.3, -0.25) is 0 Å². The first-order valence-electron chi connectivity index (χ1n) is 7.48. The van der Waals surface area contributed by atoms with Gasteiger partial charge in [-0.1, -0.05) is 109 Å². The van der Waals surface area contributed by atoms with Gasteiger partial charge in [-0.05, 0) is 21.9 Å². The second-order valence-electron chi connectivity index (χ2n) is 5.05. The molecule has 0 spiro atoms. The molecule has 4 rings (SSSR count). The molecule has 0 atom stereocenters. The lowest BCUT2D eigenvalue weighted by Gasteiger charge is -2.06. The van der Waals surface area contributed by atoms with Gasteiger partial charge in [0.1, 0.15) is 0 Å². The maximum absolute atomic E-state index is 2.18. The molecule has 0 N–H and O–H groups in total. The van der Waals surface area contributed by atoms with Gasteiger partial charge in [-0.2, -0.15) is 0 Å². The molecule has 0 heterocycles. The Balaban J connectivity index is 0.000000202. The molecule has 0 aliphatic rings. The van der Waals surface area contributed by atoms with Crippen LogP contribution in [0.2, 0.25) is 0 Å². The average molecular weight is 282 g/mol. The predicted molar refractivity (Wildman–Crippen MR) is 95.8 cm³/mol. The van der Waals surface area contributed by atoms with E-state index in [0.29, 0.717) is 0 Å². The minimum atomic E-state index is 1.28. The van der Waals surface area contributed by atoms with Crippen LogP contribution in [0.15, 0.2) is 109 Å². The van der Waals surface area contributed by atoms with Crippen molar-refractivity contribution in [2.24, 2.45) is 0 Å². The van der Waals surface area contributed by atoms with E-state index in [0.717, 1.165) is 0 Å². The molecule has 0 radical (unpaired) electrons. The second kappa shape index (κ2) is 7.24. The summed E-state index contributed by atoms with van der Waals surface area (Å²) in [6.45, 7) is 0. The summed E-state index contributed by atoms with van der Waals surface area (Å²) in [5, 5.41) is 2.61. The van der Waals surface area contributed by atoms with Crippen molar-refractivity contribution in [3.8, 4) is 11.1 Å². The lowest BCUT2D eigenvalue weighted by atomic mass is 9.98. The summed E-state index contributed by atoms with van der Waals surface area (Å²) in [7, 11) is 0. The third-order valence-corrected chi connectivity index (χ3v) is 3.54. The van der Waals surface area contributed by atoms with E-state index in [4.69, 9.17) is 0 Å². The molecule has 0 saturated heterocycles. The summed E-state index contributed by atoms with van der Waals surface area (Å²) in [6.07, 6.45) is 0. The van der Waals surface area contributed by atoms with Gasteiger partial charge in [0.2, 0.25) is 0 Å². The van der Waals surface area contributed by atoms with Gasteiger partial charge in [0.25, 0.3) is 0 Å². The highest BCUT2D eigenvalue weighted by Crippen LogP contribution is 2.27. The van der Waals surface area contributed by atoms with Crippen LogP contribution in [0.3, 0.4) is 0 Å². The van der Waals surface area contributed by atoms with Gasteiger partial charge in [-0.15, -0.1) is 0 Å². The maximum atomic E-state index is 2.18. The summed E-state index contributed by atoms with van der Waals surface area (Å²) in [4.78, 5) is 0. The first kappa shape index (κ1) is 14.1. The molecule has 22 heavy (non-hydrogen) atoms. The monoisotopic (exact) mass is 282 g/mol. The zero-order valence-electron chi connectivity index (χ0n) is 12.4. The van der Waals surface area contributed by atoms with Crippen LogP contribution in [0.5, 0.6) is 0 Å². The van der Waals surface area contributed by atoms with E-state index >= 15 is 0 Å². The number of fused-ring (bicyclic) bond motifs is 1. The summed E-state index contributed by atoms with van der Waals surface area (Å²) in [5.41, 5.74) is 2.58. The third-order valence-electron chi connectivity index (χ3n) is 3.54. The molecule has 0 amide bonds. The average Bonchev–Trinajstić information content (AvgIpc) is 2.64. The number of benzene rings is 4. The Kier molecular flexibility index (Phi) is 4.63. The largest absolute Gasteiger partial charge is 0.0623 e. The standard InChI is InChI=1S/C16H12.C6H6/c1-2-7-13(8-3-1)16-12-6-10-14-9-4-5-11-15(14)16;1-2-4-6-5-3-1/h1-12H;1-6H. The molecule has 0 unspecified atom stereocenters. The summed E-state index contributed by atoms with van der Waals surface area (Å²) >= 11 is 0. The fourth-order valence-electron chi connectivity index (χ4n) is 2.48. The Morgan fingerprint density at radius 3 is 1.55 bits per heavy atom. The molecule has 0 heteroatoms. The molecule has 0 saturated carbocycles. The Morgan fingerprint density at radius 1 is 0.364 bits per heavy atom. The van der Waals surface area contributed by atoms with Crippen molar-refractivity contribution in [3.05, 3.63) is 109 Å². The van der Waals surface area contributed by atoms with Gasteiger partial charge in [0, 0.05) is 0 Å². The van der Waals surface area contributed by atoms with Gasteiger partial charge in [-0.25, -0.2) is 0 Å². The van der Waals surface area contributed by atoms with Crippen molar-refractivity contribution in [2.75, 3.05) is 0 Å². The van der Waals surface area contributed by atoms with Gasteiger partial charge < -0.3 is 0 Å². The van der Waals surface area contributed by atoms with Crippen LogP contribution in [-0.4, -0.2) is 0 Å². The molecule has 0 fully saturated rings. The lowest BCUT2D eigenvalue weighted by molar-refractivity contribution is 1.65. The molecular formula is C22H18. The smallest absolute Gasteiger partial charge is 0.0105 e. The van der Waals surface area contributed by atoms with Gasteiger partial charge in [0.15, 0.2) is 0 Å². The van der Waals surface area contributed by atoms with Crippen LogP contribution in [-0.2, 0) is 0 Å². The fraction of sp³-hybridized carbons (Fsp3) is 0. The van der Waals surface area contributed by atoms with E-state index < -0.39 is 0 Å². The topological polar surface area (TPSA) is 0 Å². The first-order chi connectivity index (χ1) is 10.9. The minimum absolute atomic E-state index is 1.28. The van der Waals surface area contributed by atoms with Crippen molar-refractivity contribution in [1.29, 1.82) is 0 Å². The van der Waals surface area contributed by atoms with E-state index in [1.54, 1.807) is 0 Å². The van der Waals surface area contributed by atoms with Crippen molar-refractivity contribution in [3.63, 3.8) is 0 Å². The van der Waals surface area contributed by atoms with E-state index in [2.05, 4.69) is 72.8 Å². The Hall–Kier alpha value is -2.86. The fourth-order valence-corrected chi connectivity index (χ4v) is 2.48. The van der Waals surface area contributed by atoms with Crippen LogP contribution < -0.4 is 0 Å². The Morgan fingerprint density at radius 2 is 0.864 bits per heavy atom. The quantitative estimate of drug-likeness (QED) is 0.390. The second-order valence-corrected chi connectivity index (χ2v) is 5.05. The molecule has 4 aromatic carbocycles. The van der Waals surface area contributed by atoms with Crippen LogP contribution >= 0.6 is 0 Å². The molecular weight excluding hydrogens is 264 g/mol. The Bertz CT molecular complexity index is 786. The van der Waals surface area contributed by atoms with Crippen LogP contribution in [0.25, 0.3) is 21.9 Å². The molecule has 0 bridgehead atoms. The van der Waals surface area contributed by atoms with E-state index in [1.807, 2.05) is 36.4 Å². The molecule has 0 aliphatic heterocycles. The van der Waals surface area contributed by atoms with E-state index in [1.165, 1.54) is 21.9 Å². The van der Waals surface area contributed by atoms with E-state index in [9.17, 15) is 0 Å². The lowest BCUT2D eigenvalue weighted by Crippen LogP contribution is -1.79. The SMILES string of the molecule is c1ccc(-c2cccc3ccccc23)cc1.c1ccccc1. The van der Waals surface area contributed by atoms with Crippen LogP contribution in [0.1, 0.15) is 0 Å². The summed E-state index contributed by atoms with van der Waals surface area (Å²) in [6, 6.07) is 37.5. The normalized spacial score (nSPS) is 9.82.